The number of benzene rings is 2. The molecule has 2 amide bonds. The molecule has 1 heterocycles. The zero-order chi connectivity index (χ0) is 22.0. The van der Waals surface area contributed by atoms with E-state index in [9.17, 15) is 19.7 Å². The highest BCUT2D eigenvalue weighted by Gasteiger charge is 2.36. The van der Waals surface area contributed by atoms with Crippen LogP contribution in [0.2, 0.25) is 5.02 Å². The van der Waals surface area contributed by atoms with Crippen LogP contribution in [0.3, 0.4) is 0 Å². The number of nitro groups is 1. The molecule has 162 valence electrons. The summed E-state index contributed by atoms with van der Waals surface area (Å²) in [4.78, 5) is 37.0. The SMILES string of the molecule is O=C(CN1C(=O)COc2ccc([N+](=O)[O-])cc21)NCC1(c2ccc(Cl)cc2)CCCC1. The van der Waals surface area contributed by atoms with Crippen LogP contribution in [-0.2, 0) is 15.0 Å². The van der Waals surface area contributed by atoms with E-state index in [0.717, 1.165) is 31.2 Å². The van der Waals surface area contributed by atoms with Crippen LogP contribution in [0, 0.1) is 10.1 Å². The minimum Gasteiger partial charge on any atom is -0.482 e. The van der Waals surface area contributed by atoms with Crippen molar-refractivity contribution in [2.24, 2.45) is 0 Å². The number of carbonyl (C=O) groups excluding carboxylic acids is 2. The van der Waals surface area contributed by atoms with Crippen LogP contribution in [0.5, 0.6) is 5.75 Å². The van der Waals surface area contributed by atoms with Crippen molar-refractivity contribution in [3.63, 3.8) is 0 Å². The number of nitrogens with zero attached hydrogens (tertiary/aromatic N) is 2. The van der Waals surface area contributed by atoms with Crippen LogP contribution in [0.15, 0.2) is 42.5 Å². The minimum absolute atomic E-state index is 0.161. The molecule has 1 fully saturated rings. The third-order valence-corrected chi connectivity index (χ3v) is 6.29. The summed E-state index contributed by atoms with van der Waals surface area (Å²) < 4.78 is 5.35. The summed E-state index contributed by atoms with van der Waals surface area (Å²) in [6.45, 7) is 0.00759. The first kappa shape index (κ1) is 21.1. The van der Waals surface area contributed by atoms with Gasteiger partial charge in [0.1, 0.15) is 12.3 Å². The number of amides is 2. The third kappa shape index (κ3) is 4.34. The molecule has 8 nitrogen and oxygen atoms in total. The second-order valence-corrected chi connectivity index (χ2v) is 8.39. The lowest BCUT2D eigenvalue weighted by atomic mass is 9.79. The van der Waals surface area contributed by atoms with Crippen LogP contribution in [0.4, 0.5) is 11.4 Å². The molecule has 0 unspecified atom stereocenters. The zero-order valence-corrected chi connectivity index (χ0v) is 17.6. The third-order valence-electron chi connectivity index (χ3n) is 6.04. The number of anilines is 1. The van der Waals surface area contributed by atoms with Gasteiger partial charge in [-0.05, 0) is 36.6 Å². The Labute approximate surface area is 184 Å². The average molecular weight is 444 g/mol. The number of hydrogen-bond donors (Lipinski definition) is 1. The highest BCUT2D eigenvalue weighted by molar-refractivity contribution is 6.30. The van der Waals surface area contributed by atoms with E-state index in [2.05, 4.69) is 5.32 Å². The summed E-state index contributed by atoms with van der Waals surface area (Å²) in [6, 6.07) is 11.7. The molecular formula is C22H22ClN3O5. The van der Waals surface area contributed by atoms with Crippen LogP contribution in [0.25, 0.3) is 0 Å². The van der Waals surface area contributed by atoms with Crippen molar-refractivity contribution in [2.75, 3.05) is 24.6 Å². The van der Waals surface area contributed by atoms with Gasteiger partial charge >= 0.3 is 0 Å². The molecule has 0 saturated heterocycles. The zero-order valence-electron chi connectivity index (χ0n) is 16.8. The van der Waals surface area contributed by atoms with Gasteiger partial charge in [-0.3, -0.25) is 24.6 Å². The van der Waals surface area contributed by atoms with Gasteiger partial charge < -0.3 is 10.1 Å². The fourth-order valence-electron chi connectivity index (χ4n) is 4.37. The lowest BCUT2D eigenvalue weighted by molar-refractivity contribution is -0.384. The number of nitro benzene ring substituents is 1. The predicted octanol–water partition coefficient (Wildman–Crippen LogP) is 3.60. The van der Waals surface area contributed by atoms with Crippen molar-refractivity contribution in [1.82, 2.24) is 5.32 Å². The lowest BCUT2D eigenvalue weighted by Crippen LogP contribution is -2.47. The highest BCUT2D eigenvalue weighted by Crippen LogP contribution is 2.41. The Morgan fingerprint density at radius 3 is 2.58 bits per heavy atom. The van der Waals surface area contributed by atoms with Gasteiger partial charge in [-0.15, -0.1) is 0 Å². The first-order valence-electron chi connectivity index (χ1n) is 10.1. The number of ether oxygens (including phenoxy) is 1. The summed E-state index contributed by atoms with van der Waals surface area (Å²) >= 11 is 6.03. The molecule has 4 rings (SSSR count). The van der Waals surface area contributed by atoms with Gasteiger partial charge in [0.05, 0.1) is 10.6 Å². The summed E-state index contributed by atoms with van der Waals surface area (Å²) in [5.74, 6) is -0.407. The van der Waals surface area contributed by atoms with Gasteiger partial charge in [0.25, 0.3) is 11.6 Å². The number of fused-ring (bicyclic) bond motifs is 1. The van der Waals surface area contributed by atoms with E-state index in [1.165, 1.54) is 23.1 Å². The molecule has 0 bridgehead atoms. The normalized spacial score (nSPS) is 17.1. The van der Waals surface area contributed by atoms with Crippen molar-refractivity contribution in [3.05, 3.63) is 63.2 Å². The molecule has 2 aromatic carbocycles. The highest BCUT2D eigenvalue weighted by atomic mass is 35.5. The van der Waals surface area contributed by atoms with E-state index in [1.54, 1.807) is 0 Å². The fourth-order valence-corrected chi connectivity index (χ4v) is 4.49. The van der Waals surface area contributed by atoms with Crippen molar-refractivity contribution in [1.29, 1.82) is 0 Å². The topological polar surface area (TPSA) is 102 Å². The van der Waals surface area contributed by atoms with Crippen molar-refractivity contribution in [2.45, 2.75) is 31.1 Å². The summed E-state index contributed by atoms with van der Waals surface area (Å²) in [5, 5.41) is 14.8. The average Bonchev–Trinajstić information content (AvgIpc) is 3.24. The molecule has 0 aromatic heterocycles. The summed E-state index contributed by atoms with van der Waals surface area (Å²) in [6.07, 6.45) is 4.08. The van der Waals surface area contributed by atoms with E-state index in [4.69, 9.17) is 16.3 Å². The Balaban J connectivity index is 1.48. The first-order valence-corrected chi connectivity index (χ1v) is 10.5. The quantitative estimate of drug-likeness (QED) is 0.542. The summed E-state index contributed by atoms with van der Waals surface area (Å²) in [7, 11) is 0. The number of hydrogen-bond acceptors (Lipinski definition) is 5. The van der Waals surface area contributed by atoms with Crippen LogP contribution in [0.1, 0.15) is 31.2 Å². The van der Waals surface area contributed by atoms with Gasteiger partial charge in [-0.2, -0.15) is 0 Å². The van der Waals surface area contributed by atoms with Gasteiger partial charge in [0, 0.05) is 29.1 Å². The smallest absolute Gasteiger partial charge is 0.271 e. The van der Waals surface area contributed by atoms with Gasteiger partial charge in [0.15, 0.2) is 6.61 Å². The number of halogens is 1. The molecule has 0 radical (unpaired) electrons. The summed E-state index contributed by atoms with van der Waals surface area (Å²) in [5.41, 5.74) is 1.04. The van der Waals surface area contributed by atoms with E-state index >= 15 is 0 Å². The Morgan fingerprint density at radius 2 is 1.90 bits per heavy atom. The Bertz CT molecular complexity index is 1020. The van der Waals surface area contributed by atoms with Gasteiger partial charge in [0.2, 0.25) is 5.91 Å². The van der Waals surface area contributed by atoms with E-state index in [0.29, 0.717) is 17.3 Å². The molecule has 9 heteroatoms. The van der Waals surface area contributed by atoms with Crippen LogP contribution in [-0.4, -0.2) is 36.4 Å². The number of carbonyl (C=O) groups is 2. The second-order valence-electron chi connectivity index (χ2n) is 7.95. The largest absolute Gasteiger partial charge is 0.482 e. The molecular weight excluding hydrogens is 422 g/mol. The van der Waals surface area contributed by atoms with Crippen molar-refractivity contribution >= 4 is 34.8 Å². The predicted molar refractivity (Wildman–Crippen MR) is 116 cm³/mol. The Kier molecular flexibility index (Phi) is 5.82. The number of non-ortho nitro benzene ring substituents is 1. The van der Waals surface area contributed by atoms with Crippen LogP contribution < -0.4 is 15.0 Å². The molecule has 2 aliphatic rings. The maximum Gasteiger partial charge on any atom is 0.271 e. The van der Waals surface area contributed by atoms with Crippen molar-refractivity contribution < 1.29 is 19.2 Å². The molecule has 1 N–H and O–H groups in total. The molecule has 2 aromatic rings. The van der Waals surface area contributed by atoms with Gasteiger partial charge in [-0.25, -0.2) is 0 Å². The monoisotopic (exact) mass is 443 g/mol. The minimum atomic E-state index is -0.548. The van der Waals surface area contributed by atoms with E-state index in [-0.39, 0.29) is 35.8 Å². The molecule has 1 saturated carbocycles. The molecule has 31 heavy (non-hydrogen) atoms. The molecule has 0 spiro atoms. The molecule has 0 atom stereocenters. The first-order chi connectivity index (χ1) is 14.9. The standard InChI is InChI=1S/C22H22ClN3O5/c23-16-5-3-15(4-6-16)22(9-1-2-10-22)14-24-20(27)12-25-18-11-17(26(29)30)7-8-19(18)31-13-21(25)28/h3-8,11H,1-2,9-10,12-14H2,(H,24,27). The molecule has 1 aliphatic heterocycles. The number of nitrogens with one attached hydrogen (secondary N) is 1. The van der Waals surface area contributed by atoms with Gasteiger partial charge in [-0.1, -0.05) is 36.6 Å². The maximum atomic E-state index is 12.8. The lowest BCUT2D eigenvalue weighted by Gasteiger charge is -2.32. The van der Waals surface area contributed by atoms with Crippen LogP contribution >= 0.6 is 11.6 Å². The maximum absolute atomic E-state index is 12.8. The fraction of sp³-hybridized carbons (Fsp3) is 0.364. The Hall–Kier alpha value is -3.13. The van der Waals surface area contributed by atoms with E-state index in [1.807, 2.05) is 24.3 Å². The van der Waals surface area contributed by atoms with Crippen molar-refractivity contribution in [3.8, 4) is 5.75 Å². The Morgan fingerprint density at radius 1 is 1.19 bits per heavy atom. The number of rotatable bonds is 6. The van der Waals surface area contributed by atoms with E-state index < -0.39 is 10.8 Å². The second kappa shape index (κ2) is 8.55. The molecule has 1 aliphatic carbocycles.